The Morgan fingerprint density at radius 1 is 0.722 bits per heavy atom. The van der Waals surface area contributed by atoms with Crippen LogP contribution in [0.5, 0.6) is 17.2 Å². The zero-order valence-electron chi connectivity index (χ0n) is 19.5. The molecular weight excluding hydrogens is 490 g/mol. The highest BCUT2D eigenvalue weighted by atomic mass is 35.5. The SMILES string of the molecule is COc1cc(C(=O)NNC(=O)c2cccc(NC(=O)c3cc(Cl)ccc3OC)c2)ccc1OC(C)=O. The van der Waals surface area contributed by atoms with Crippen molar-refractivity contribution in [2.24, 2.45) is 0 Å². The standard InChI is InChI=1S/C25H22ClN3O7/c1-14(30)36-21-9-7-16(12-22(21)35-3)24(32)29-28-23(31)15-5-4-6-18(11-15)27-25(33)19-13-17(26)8-10-20(19)34-2/h4-13H,1-3H3,(H,27,33)(H,28,31)(H,29,32). The van der Waals surface area contributed by atoms with Crippen LogP contribution in [0.3, 0.4) is 0 Å². The van der Waals surface area contributed by atoms with Crippen LogP contribution in [0.15, 0.2) is 60.7 Å². The van der Waals surface area contributed by atoms with E-state index in [0.29, 0.717) is 16.5 Å². The molecule has 0 heterocycles. The first-order valence-corrected chi connectivity index (χ1v) is 10.8. The molecule has 0 fully saturated rings. The molecular formula is C25H22ClN3O7. The minimum absolute atomic E-state index is 0.152. The van der Waals surface area contributed by atoms with Gasteiger partial charge in [-0.15, -0.1) is 0 Å². The Balaban J connectivity index is 1.66. The van der Waals surface area contributed by atoms with Crippen molar-refractivity contribution < 1.29 is 33.4 Å². The summed E-state index contributed by atoms with van der Waals surface area (Å²) in [5.74, 6) is -1.61. The van der Waals surface area contributed by atoms with Gasteiger partial charge in [0.2, 0.25) is 0 Å². The van der Waals surface area contributed by atoms with E-state index >= 15 is 0 Å². The van der Waals surface area contributed by atoms with Crippen molar-refractivity contribution in [3.8, 4) is 17.2 Å². The summed E-state index contributed by atoms with van der Waals surface area (Å²) in [7, 11) is 2.80. The van der Waals surface area contributed by atoms with Crippen molar-refractivity contribution in [2.75, 3.05) is 19.5 Å². The largest absolute Gasteiger partial charge is 0.496 e. The fourth-order valence-corrected chi connectivity index (χ4v) is 3.27. The lowest BCUT2D eigenvalue weighted by Gasteiger charge is -2.12. The van der Waals surface area contributed by atoms with Crippen molar-refractivity contribution in [1.82, 2.24) is 10.9 Å². The Hall–Kier alpha value is -4.57. The predicted molar refractivity (Wildman–Crippen MR) is 132 cm³/mol. The molecule has 0 radical (unpaired) electrons. The molecule has 36 heavy (non-hydrogen) atoms. The second-order valence-electron chi connectivity index (χ2n) is 7.25. The third-order valence-electron chi connectivity index (χ3n) is 4.76. The third kappa shape index (κ3) is 6.51. The van der Waals surface area contributed by atoms with Crippen LogP contribution in [0.4, 0.5) is 5.69 Å². The van der Waals surface area contributed by atoms with E-state index in [1.165, 1.54) is 57.5 Å². The summed E-state index contributed by atoms with van der Waals surface area (Å²) in [6.07, 6.45) is 0. The van der Waals surface area contributed by atoms with Gasteiger partial charge < -0.3 is 19.5 Å². The predicted octanol–water partition coefficient (Wildman–Crippen LogP) is 3.61. The number of carbonyl (C=O) groups is 4. The van der Waals surface area contributed by atoms with Gasteiger partial charge in [0.15, 0.2) is 11.5 Å². The van der Waals surface area contributed by atoms with E-state index in [2.05, 4.69) is 16.2 Å². The summed E-state index contributed by atoms with van der Waals surface area (Å²) in [6, 6.07) is 14.9. The van der Waals surface area contributed by atoms with Gasteiger partial charge in [-0.25, -0.2) is 0 Å². The van der Waals surface area contributed by atoms with E-state index in [9.17, 15) is 19.2 Å². The average Bonchev–Trinajstić information content (AvgIpc) is 2.87. The average molecular weight is 512 g/mol. The number of nitrogens with one attached hydrogen (secondary N) is 3. The molecule has 3 amide bonds. The normalized spacial score (nSPS) is 10.1. The van der Waals surface area contributed by atoms with Gasteiger partial charge in [0.25, 0.3) is 17.7 Å². The van der Waals surface area contributed by atoms with Crippen molar-refractivity contribution >= 4 is 41.0 Å². The highest BCUT2D eigenvalue weighted by Crippen LogP contribution is 2.28. The maximum Gasteiger partial charge on any atom is 0.308 e. The van der Waals surface area contributed by atoms with Gasteiger partial charge in [-0.3, -0.25) is 30.0 Å². The first-order valence-electron chi connectivity index (χ1n) is 10.4. The number of benzene rings is 3. The van der Waals surface area contributed by atoms with E-state index in [-0.39, 0.29) is 28.2 Å². The molecule has 0 bridgehead atoms. The maximum atomic E-state index is 12.7. The number of rotatable bonds is 7. The van der Waals surface area contributed by atoms with Gasteiger partial charge in [-0.05, 0) is 54.6 Å². The fraction of sp³-hybridized carbons (Fsp3) is 0.120. The molecule has 11 heteroatoms. The number of esters is 1. The molecule has 0 aliphatic heterocycles. The number of carbonyl (C=O) groups excluding carboxylic acids is 4. The molecule has 0 atom stereocenters. The minimum Gasteiger partial charge on any atom is -0.496 e. The number of ether oxygens (including phenoxy) is 3. The quantitative estimate of drug-likeness (QED) is 0.251. The third-order valence-corrected chi connectivity index (χ3v) is 4.99. The van der Waals surface area contributed by atoms with Crippen LogP contribution in [0.1, 0.15) is 38.0 Å². The number of hydrogen-bond donors (Lipinski definition) is 3. The second-order valence-corrected chi connectivity index (χ2v) is 7.68. The molecule has 0 aromatic heterocycles. The Morgan fingerprint density at radius 2 is 1.36 bits per heavy atom. The first kappa shape index (κ1) is 26.0. The summed E-state index contributed by atoms with van der Waals surface area (Å²) in [5, 5.41) is 3.05. The molecule has 0 saturated carbocycles. The second kappa shape index (κ2) is 11.7. The van der Waals surface area contributed by atoms with Crippen LogP contribution in [-0.2, 0) is 4.79 Å². The van der Waals surface area contributed by atoms with E-state index in [1.807, 2.05) is 0 Å². The van der Waals surface area contributed by atoms with Gasteiger partial charge in [0.05, 0.1) is 19.8 Å². The van der Waals surface area contributed by atoms with Crippen molar-refractivity contribution in [3.05, 3.63) is 82.4 Å². The van der Waals surface area contributed by atoms with Crippen LogP contribution in [0, 0.1) is 0 Å². The molecule has 186 valence electrons. The summed E-state index contributed by atoms with van der Waals surface area (Å²) < 4.78 is 15.3. The van der Waals surface area contributed by atoms with Gasteiger partial charge in [-0.1, -0.05) is 17.7 Å². The van der Waals surface area contributed by atoms with E-state index in [1.54, 1.807) is 24.3 Å². The summed E-state index contributed by atoms with van der Waals surface area (Å²) in [6.45, 7) is 1.24. The molecule has 3 aromatic rings. The molecule has 0 unspecified atom stereocenters. The zero-order valence-corrected chi connectivity index (χ0v) is 20.3. The number of hydrogen-bond acceptors (Lipinski definition) is 7. The fourth-order valence-electron chi connectivity index (χ4n) is 3.10. The number of hydrazine groups is 1. The van der Waals surface area contributed by atoms with Crippen molar-refractivity contribution in [3.63, 3.8) is 0 Å². The number of methoxy groups -OCH3 is 2. The summed E-state index contributed by atoms with van der Waals surface area (Å²) in [5.41, 5.74) is 5.49. The van der Waals surface area contributed by atoms with Crippen LogP contribution >= 0.6 is 11.6 Å². The highest BCUT2D eigenvalue weighted by Gasteiger charge is 2.16. The molecule has 0 aliphatic rings. The van der Waals surface area contributed by atoms with Gasteiger partial charge in [0.1, 0.15) is 5.75 Å². The molecule has 0 saturated heterocycles. The van der Waals surface area contributed by atoms with Crippen molar-refractivity contribution in [2.45, 2.75) is 6.92 Å². The Bertz CT molecular complexity index is 1330. The maximum absolute atomic E-state index is 12.7. The lowest BCUT2D eigenvalue weighted by atomic mass is 10.1. The number of anilines is 1. The molecule has 3 aromatic carbocycles. The Morgan fingerprint density at radius 3 is 2.00 bits per heavy atom. The number of halogens is 1. The van der Waals surface area contributed by atoms with Crippen LogP contribution < -0.4 is 30.4 Å². The first-order chi connectivity index (χ1) is 17.2. The Labute approximate surface area is 211 Å². The van der Waals surface area contributed by atoms with E-state index in [0.717, 1.165) is 0 Å². The van der Waals surface area contributed by atoms with Crippen LogP contribution in [0.25, 0.3) is 0 Å². The molecule has 3 N–H and O–H groups in total. The smallest absolute Gasteiger partial charge is 0.308 e. The minimum atomic E-state index is -0.631. The summed E-state index contributed by atoms with van der Waals surface area (Å²) >= 11 is 5.99. The zero-order chi connectivity index (χ0) is 26.2. The lowest BCUT2D eigenvalue weighted by molar-refractivity contribution is -0.132. The van der Waals surface area contributed by atoms with Crippen LogP contribution in [0.2, 0.25) is 5.02 Å². The highest BCUT2D eigenvalue weighted by molar-refractivity contribution is 6.31. The molecule has 0 spiro atoms. The van der Waals surface area contributed by atoms with Gasteiger partial charge >= 0.3 is 5.97 Å². The van der Waals surface area contributed by atoms with E-state index in [4.69, 9.17) is 25.8 Å². The van der Waals surface area contributed by atoms with E-state index < -0.39 is 23.7 Å². The van der Waals surface area contributed by atoms with Gasteiger partial charge in [0, 0.05) is 28.8 Å². The van der Waals surface area contributed by atoms with Gasteiger partial charge in [-0.2, -0.15) is 0 Å². The molecule has 3 rings (SSSR count). The lowest BCUT2D eigenvalue weighted by Crippen LogP contribution is -2.41. The van der Waals surface area contributed by atoms with Crippen LogP contribution in [-0.4, -0.2) is 37.9 Å². The molecule has 10 nitrogen and oxygen atoms in total. The number of amides is 3. The molecule has 0 aliphatic carbocycles. The summed E-state index contributed by atoms with van der Waals surface area (Å²) in [4.78, 5) is 48.9. The Kier molecular flexibility index (Phi) is 8.48. The topological polar surface area (TPSA) is 132 Å². The van der Waals surface area contributed by atoms with Crippen molar-refractivity contribution in [1.29, 1.82) is 0 Å². The monoisotopic (exact) mass is 511 g/mol.